The van der Waals surface area contributed by atoms with Crippen molar-refractivity contribution in [2.45, 2.75) is 25.9 Å². The van der Waals surface area contributed by atoms with Crippen molar-refractivity contribution in [1.82, 2.24) is 0 Å². The largest absolute Gasteiger partial charge is 0.465 e. The van der Waals surface area contributed by atoms with Gasteiger partial charge in [-0.2, -0.15) is 0 Å². The van der Waals surface area contributed by atoms with Crippen LogP contribution in [0.2, 0.25) is 10.0 Å². The van der Waals surface area contributed by atoms with Gasteiger partial charge >= 0.3 is 11.9 Å². The summed E-state index contributed by atoms with van der Waals surface area (Å²) in [5.41, 5.74) is 2.09. The van der Waals surface area contributed by atoms with Crippen LogP contribution in [0.3, 0.4) is 0 Å². The van der Waals surface area contributed by atoms with Gasteiger partial charge in [0.25, 0.3) is 0 Å². The quantitative estimate of drug-likeness (QED) is 0.536. The molecule has 1 aromatic carbocycles. The molecule has 0 radical (unpaired) electrons. The minimum atomic E-state index is -0.766. The molecule has 2 rings (SSSR count). The summed E-state index contributed by atoms with van der Waals surface area (Å²) in [4.78, 5) is 24.6. The van der Waals surface area contributed by atoms with Crippen LogP contribution in [0.25, 0.3) is 0 Å². The summed E-state index contributed by atoms with van der Waals surface area (Å²) in [6.07, 6.45) is -0.439. The summed E-state index contributed by atoms with van der Waals surface area (Å²) in [6.45, 7) is 13.7. The van der Waals surface area contributed by atoms with E-state index < -0.39 is 24.0 Å². The smallest absolute Gasteiger partial charge is 0.317 e. The van der Waals surface area contributed by atoms with Crippen LogP contribution in [0, 0.1) is 5.92 Å². The molecule has 0 bridgehead atoms. The number of benzene rings is 1. The number of carbonyl (C=O) groups is 2. The maximum absolute atomic E-state index is 12.4. The second-order valence-corrected chi connectivity index (χ2v) is 6.76. The van der Waals surface area contributed by atoms with Gasteiger partial charge in [-0.05, 0) is 35.8 Å². The van der Waals surface area contributed by atoms with Gasteiger partial charge < -0.3 is 9.47 Å². The zero-order chi connectivity index (χ0) is 19.4. The van der Waals surface area contributed by atoms with Crippen LogP contribution < -0.4 is 0 Å². The zero-order valence-electron chi connectivity index (χ0n) is 14.5. The van der Waals surface area contributed by atoms with Gasteiger partial charge in [0.1, 0.15) is 12.0 Å². The Bertz CT molecular complexity index is 762. The lowest BCUT2D eigenvalue weighted by Crippen LogP contribution is -2.35. The van der Waals surface area contributed by atoms with E-state index in [0.29, 0.717) is 38.7 Å². The van der Waals surface area contributed by atoms with E-state index in [1.165, 1.54) is 0 Å². The van der Waals surface area contributed by atoms with Crippen LogP contribution in [-0.4, -0.2) is 24.6 Å². The first-order valence-corrected chi connectivity index (χ1v) is 8.86. The molecule has 0 saturated heterocycles. The Balaban J connectivity index is 2.14. The molecule has 2 unspecified atom stereocenters. The van der Waals surface area contributed by atoms with E-state index in [2.05, 4.69) is 19.7 Å². The second kappa shape index (κ2) is 8.56. The van der Waals surface area contributed by atoms with E-state index in [1.54, 1.807) is 25.1 Å². The van der Waals surface area contributed by atoms with Crippen LogP contribution in [0.5, 0.6) is 0 Å². The van der Waals surface area contributed by atoms with Gasteiger partial charge in [0.05, 0.1) is 13.0 Å². The lowest BCUT2D eigenvalue weighted by molar-refractivity contribution is -0.151. The van der Waals surface area contributed by atoms with Crippen molar-refractivity contribution in [3.8, 4) is 0 Å². The molecule has 0 aliphatic heterocycles. The molecule has 2 atom stereocenters. The van der Waals surface area contributed by atoms with Gasteiger partial charge in [-0.25, -0.2) is 0 Å². The maximum atomic E-state index is 12.4. The monoisotopic (exact) mass is 394 g/mol. The molecule has 26 heavy (non-hydrogen) atoms. The molecule has 0 aromatic heterocycles. The molecule has 1 saturated carbocycles. The van der Waals surface area contributed by atoms with Crippen LogP contribution in [0.1, 0.15) is 18.9 Å². The predicted molar refractivity (Wildman–Crippen MR) is 102 cm³/mol. The van der Waals surface area contributed by atoms with Crippen LogP contribution in [0.4, 0.5) is 0 Å². The first-order chi connectivity index (χ1) is 12.3. The van der Waals surface area contributed by atoms with E-state index in [-0.39, 0.29) is 13.0 Å². The van der Waals surface area contributed by atoms with Gasteiger partial charge in [0.15, 0.2) is 0 Å². The van der Waals surface area contributed by atoms with Crippen molar-refractivity contribution in [3.63, 3.8) is 0 Å². The maximum Gasteiger partial charge on any atom is 0.317 e. The number of hydrogen-bond acceptors (Lipinski definition) is 4. The highest BCUT2D eigenvalue weighted by molar-refractivity contribution is 6.36. The molecule has 6 heteroatoms. The molecule has 1 aliphatic rings. The van der Waals surface area contributed by atoms with Gasteiger partial charge in [-0.1, -0.05) is 49.0 Å². The van der Waals surface area contributed by atoms with Gasteiger partial charge in [-0.3, -0.25) is 9.59 Å². The van der Waals surface area contributed by atoms with Crippen molar-refractivity contribution in [2.75, 3.05) is 6.61 Å². The van der Waals surface area contributed by atoms with Crippen molar-refractivity contribution in [2.24, 2.45) is 5.92 Å². The molecule has 1 fully saturated rings. The number of ether oxygens (including phenoxy) is 2. The fraction of sp³-hybridized carbons (Fsp3) is 0.300. The summed E-state index contributed by atoms with van der Waals surface area (Å²) in [7, 11) is 0. The van der Waals surface area contributed by atoms with Gasteiger partial charge in [-0.15, -0.1) is 0 Å². The third-order valence-corrected chi connectivity index (χ3v) is 4.91. The van der Waals surface area contributed by atoms with E-state index in [1.807, 2.05) is 0 Å². The minimum absolute atomic E-state index is 0.0835. The molecule has 1 aliphatic carbocycles. The SMILES string of the molecule is C=C1CC(OC(=O)Cc2c(Cl)cccc2Cl)C(=C)C(C(=O)OCC)C1=C. The lowest BCUT2D eigenvalue weighted by atomic mass is 9.77. The van der Waals surface area contributed by atoms with Crippen molar-refractivity contribution >= 4 is 35.1 Å². The number of halogens is 2. The highest BCUT2D eigenvalue weighted by atomic mass is 35.5. The van der Waals surface area contributed by atoms with E-state index in [0.717, 1.165) is 0 Å². The summed E-state index contributed by atoms with van der Waals surface area (Å²) in [6, 6.07) is 5.00. The molecule has 0 amide bonds. The fourth-order valence-electron chi connectivity index (χ4n) is 2.78. The Kier molecular flexibility index (Phi) is 6.68. The summed E-state index contributed by atoms with van der Waals surface area (Å²) < 4.78 is 10.6. The number of rotatable bonds is 5. The third-order valence-electron chi connectivity index (χ3n) is 4.20. The number of esters is 2. The average Bonchev–Trinajstić information content (AvgIpc) is 2.56. The van der Waals surface area contributed by atoms with E-state index >= 15 is 0 Å². The van der Waals surface area contributed by atoms with E-state index in [9.17, 15) is 9.59 Å². The molecular formula is C20H20Cl2O4. The Morgan fingerprint density at radius 3 is 2.38 bits per heavy atom. The predicted octanol–water partition coefficient (Wildman–Crippen LogP) is 4.70. The summed E-state index contributed by atoms with van der Waals surface area (Å²) in [5.74, 6) is -1.76. The van der Waals surface area contributed by atoms with E-state index in [4.69, 9.17) is 32.7 Å². The van der Waals surface area contributed by atoms with Crippen LogP contribution >= 0.6 is 23.2 Å². The normalized spacial score (nSPS) is 20.0. The fourth-order valence-corrected chi connectivity index (χ4v) is 3.31. The molecule has 138 valence electrons. The second-order valence-electron chi connectivity index (χ2n) is 5.95. The number of hydrogen-bond donors (Lipinski definition) is 0. The topological polar surface area (TPSA) is 52.6 Å². The summed E-state index contributed by atoms with van der Waals surface area (Å²) in [5, 5.41) is 0.776. The Labute approximate surface area is 163 Å². The Morgan fingerprint density at radius 1 is 1.19 bits per heavy atom. The lowest BCUT2D eigenvalue weighted by Gasteiger charge is -2.33. The number of carbonyl (C=O) groups excluding carboxylic acids is 2. The van der Waals surface area contributed by atoms with Crippen molar-refractivity contribution in [3.05, 3.63) is 70.3 Å². The average molecular weight is 395 g/mol. The van der Waals surface area contributed by atoms with Crippen molar-refractivity contribution < 1.29 is 19.1 Å². The zero-order valence-corrected chi connectivity index (χ0v) is 16.0. The molecule has 1 aromatic rings. The van der Waals surface area contributed by atoms with Crippen molar-refractivity contribution in [1.29, 1.82) is 0 Å². The Morgan fingerprint density at radius 2 is 1.81 bits per heavy atom. The van der Waals surface area contributed by atoms with Gasteiger partial charge in [0.2, 0.25) is 0 Å². The van der Waals surface area contributed by atoms with Gasteiger partial charge in [0, 0.05) is 22.0 Å². The third kappa shape index (κ3) is 4.37. The first-order valence-electron chi connectivity index (χ1n) is 8.10. The standard InChI is InChI=1S/C20H20Cl2O4/c1-5-25-20(24)19-12(3)11(2)9-17(13(19)4)26-18(23)10-14-15(21)7-6-8-16(14)22/h6-8,17,19H,2-5,9-10H2,1H3. The molecule has 0 heterocycles. The summed E-state index contributed by atoms with van der Waals surface area (Å²) >= 11 is 12.2. The van der Waals surface area contributed by atoms with Crippen LogP contribution in [0.15, 0.2) is 54.7 Å². The Hall–Kier alpha value is -2.04. The first kappa shape index (κ1) is 20.3. The molecule has 0 spiro atoms. The highest BCUT2D eigenvalue weighted by Gasteiger charge is 2.38. The van der Waals surface area contributed by atoms with Crippen LogP contribution in [-0.2, 0) is 25.5 Å². The molecule has 4 nitrogen and oxygen atoms in total. The molecular weight excluding hydrogens is 375 g/mol. The highest BCUT2D eigenvalue weighted by Crippen LogP contribution is 2.38. The minimum Gasteiger partial charge on any atom is -0.465 e. The molecule has 0 N–H and O–H groups in total.